The van der Waals surface area contributed by atoms with Gasteiger partial charge in [0.1, 0.15) is 0 Å². The number of hydrogen-bond acceptors (Lipinski definition) is 2. The van der Waals surface area contributed by atoms with Crippen molar-refractivity contribution in [2.24, 2.45) is 5.41 Å². The molecular formula is C13H25ClN2O. The molecule has 0 spiro atoms. The first-order chi connectivity index (χ1) is 7.77. The lowest BCUT2D eigenvalue weighted by Crippen LogP contribution is -2.50. The van der Waals surface area contributed by atoms with Gasteiger partial charge in [-0.3, -0.25) is 4.79 Å². The smallest absolute Gasteiger partial charge is 0.226 e. The van der Waals surface area contributed by atoms with Crippen LogP contribution in [0.3, 0.4) is 0 Å². The number of halogens is 1. The van der Waals surface area contributed by atoms with Gasteiger partial charge in [0, 0.05) is 18.0 Å². The van der Waals surface area contributed by atoms with Crippen molar-refractivity contribution in [2.75, 3.05) is 13.1 Å². The Morgan fingerprint density at radius 1 is 1.35 bits per heavy atom. The van der Waals surface area contributed by atoms with Crippen molar-refractivity contribution in [3.63, 3.8) is 0 Å². The van der Waals surface area contributed by atoms with Crippen molar-refractivity contribution in [1.29, 1.82) is 0 Å². The van der Waals surface area contributed by atoms with Crippen LogP contribution in [-0.2, 0) is 4.79 Å². The summed E-state index contributed by atoms with van der Waals surface area (Å²) in [4.78, 5) is 12.3. The molecule has 0 aromatic rings. The fourth-order valence-corrected chi connectivity index (χ4v) is 3.11. The zero-order valence-electron chi connectivity index (χ0n) is 10.8. The lowest BCUT2D eigenvalue weighted by molar-refractivity contribution is -0.131. The summed E-state index contributed by atoms with van der Waals surface area (Å²) in [5.41, 5.74) is -0.0303. The first kappa shape index (κ1) is 14.8. The van der Waals surface area contributed by atoms with Gasteiger partial charge in [-0.1, -0.05) is 19.8 Å². The van der Waals surface area contributed by atoms with E-state index in [-0.39, 0.29) is 17.8 Å². The molecule has 4 heteroatoms. The number of carbonyl (C=O) groups is 1. The molecule has 2 N–H and O–H groups in total. The monoisotopic (exact) mass is 260 g/mol. The van der Waals surface area contributed by atoms with E-state index in [0.29, 0.717) is 11.9 Å². The molecule has 2 fully saturated rings. The second-order valence-electron chi connectivity index (χ2n) is 5.36. The van der Waals surface area contributed by atoms with Crippen LogP contribution in [0.2, 0.25) is 0 Å². The lowest BCUT2D eigenvalue weighted by atomic mass is 9.82. The summed E-state index contributed by atoms with van der Waals surface area (Å²) in [6.45, 7) is 4.21. The van der Waals surface area contributed by atoms with Gasteiger partial charge in [-0.15, -0.1) is 12.4 Å². The molecule has 1 unspecified atom stereocenters. The first-order valence-corrected chi connectivity index (χ1v) is 6.78. The van der Waals surface area contributed by atoms with Crippen molar-refractivity contribution in [1.82, 2.24) is 10.6 Å². The van der Waals surface area contributed by atoms with Gasteiger partial charge < -0.3 is 10.6 Å². The Labute approximate surface area is 111 Å². The summed E-state index contributed by atoms with van der Waals surface area (Å²) in [7, 11) is 0. The van der Waals surface area contributed by atoms with E-state index in [1.807, 2.05) is 0 Å². The molecule has 100 valence electrons. The molecule has 1 atom stereocenters. The van der Waals surface area contributed by atoms with E-state index < -0.39 is 0 Å². The predicted octanol–water partition coefficient (Wildman–Crippen LogP) is 2.25. The van der Waals surface area contributed by atoms with Crippen LogP contribution in [0, 0.1) is 5.41 Å². The highest BCUT2D eigenvalue weighted by molar-refractivity contribution is 5.85. The fourth-order valence-electron chi connectivity index (χ4n) is 3.11. The third kappa shape index (κ3) is 3.35. The molecule has 0 radical (unpaired) electrons. The van der Waals surface area contributed by atoms with Crippen molar-refractivity contribution in [2.45, 2.75) is 57.9 Å². The third-order valence-electron chi connectivity index (χ3n) is 4.35. The van der Waals surface area contributed by atoms with Crippen LogP contribution in [-0.4, -0.2) is 25.0 Å². The van der Waals surface area contributed by atoms with Crippen LogP contribution >= 0.6 is 12.4 Å². The average Bonchev–Trinajstić information content (AvgIpc) is 2.80. The normalized spacial score (nSPS) is 27.2. The number of piperidine rings is 1. The molecule has 1 saturated carbocycles. The summed E-state index contributed by atoms with van der Waals surface area (Å²) >= 11 is 0. The molecule has 0 aromatic carbocycles. The Morgan fingerprint density at radius 2 is 2.06 bits per heavy atom. The van der Waals surface area contributed by atoms with Crippen molar-refractivity contribution in [3.05, 3.63) is 0 Å². The highest BCUT2D eigenvalue weighted by Gasteiger charge is 2.39. The molecular weight excluding hydrogens is 236 g/mol. The minimum Gasteiger partial charge on any atom is -0.352 e. The van der Waals surface area contributed by atoms with Gasteiger partial charge in [-0.05, 0) is 38.6 Å². The number of rotatable bonds is 3. The molecule has 0 bridgehead atoms. The first-order valence-electron chi connectivity index (χ1n) is 6.78. The predicted molar refractivity (Wildman–Crippen MR) is 72.5 cm³/mol. The van der Waals surface area contributed by atoms with E-state index in [0.717, 1.165) is 38.8 Å². The fraction of sp³-hybridized carbons (Fsp3) is 0.923. The maximum absolute atomic E-state index is 12.3. The second-order valence-corrected chi connectivity index (χ2v) is 5.36. The summed E-state index contributed by atoms with van der Waals surface area (Å²) in [6, 6.07) is 0.366. The molecule has 1 amide bonds. The van der Waals surface area contributed by atoms with Crippen LogP contribution in [0.1, 0.15) is 51.9 Å². The molecule has 1 aliphatic heterocycles. The zero-order chi connectivity index (χ0) is 11.4. The van der Waals surface area contributed by atoms with Gasteiger partial charge in [-0.2, -0.15) is 0 Å². The Kier molecular flexibility index (Phi) is 5.74. The molecule has 1 aliphatic carbocycles. The van der Waals surface area contributed by atoms with Crippen LogP contribution in [0.4, 0.5) is 0 Å². The zero-order valence-corrected chi connectivity index (χ0v) is 11.6. The van der Waals surface area contributed by atoms with E-state index in [9.17, 15) is 4.79 Å². The minimum absolute atomic E-state index is 0. The van der Waals surface area contributed by atoms with Crippen molar-refractivity contribution < 1.29 is 4.79 Å². The maximum atomic E-state index is 12.3. The SMILES string of the molecule is CCC1(C(=O)NC2CCCNC2)CCCC1.Cl. The topological polar surface area (TPSA) is 41.1 Å². The van der Waals surface area contributed by atoms with Gasteiger partial charge in [-0.25, -0.2) is 0 Å². The van der Waals surface area contributed by atoms with E-state index in [2.05, 4.69) is 17.6 Å². The van der Waals surface area contributed by atoms with Gasteiger partial charge in [0.25, 0.3) is 0 Å². The van der Waals surface area contributed by atoms with Crippen LogP contribution in [0.15, 0.2) is 0 Å². The van der Waals surface area contributed by atoms with Gasteiger partial charge in [0.2, 0.25) is 5.91 Å². The summed E-state index contributed by atoms with van der Waals surface area (Å²) in [5.74, 6) is 0.321. The molecule has 1 saturated heterocycles. The molecule has 2 aliphatic rings. The Bertz CT molecular complexity index is 246. The van der Waals surface area contributed by atoms with Crippen molar-refractivity contribution in [3.8, 4) is 0 Å². The van der Waals surface area contributed by atoms with Gasteiger partial charge >= 0.3 is 0 Å². The molecule has 3 nitrogen and oxygen atoms in total. The summed E-state index contributed by atoms with van der Waals surface area (Å²) in [5, 5.41) is 6.60. The van der Waals surface area contributed by atoms with Crippen molar-refractivity contribution >= 4 is 18.3 Å². The molecule has 0 aromatic heterocycles. The van der Waals surface area contributed by atoms with E-state index >= 15 is 0 Å². The standard InChI is InChI=1S/C13H24N2O.ClH/c1-2-13(7-3-4-8-13)12(16)15-11-6-5-9-14-10-11;/h11,14H,2-10H2,1H3,(H,15,16);1H. The Morgan fingerprint density at radius 3 is 2.59 bits per heavy atom. The highest BCUT2D eigenvalue weighted by Crippen LogP contribution is 2.41. The lowest BCUT2D eigenvalue weighted by Gasteiger charge is -2.31. The quantitative estimate of drug-likeness (QED) is 0.817. The van der Waals surface area contributed by atoms with Crippen LogP contribution in [0.25, 0.3) is 0 Å². The number of carbonyl (C=O) groups excluding carboxylic acids is 1. The maximum Gasteiger partial charge on any atom is 0.226 e. The largest absolute Gasteiger partial charge is 0.352 e. The Hall–Kier alpha value is -0.280. The van der Waals surface area contributed by atoms with E-state index in [1.54, 1.807) is 0 Å². The molecule has 17 heavy (non-hydrogen) atoms. The molecule has 2 rings (SSSR count). The van der Waals surface area contributed by atoms with Crippen LogP contribution < -0.4 is 10.6 Å². The van der Waals surface area contributed by atoms with Crippen LogP contribution in [0.5, 0.6) is 0 Å². The Balaban J connectivity index is 0.00000144. The summed E-state index contributed by atoms with van der Waals surface area (Å²) in [6.07, 6.45) is 7.96. The van der Waals surface area contributed by atoms with E-state index in [4.69, 9.17) is 0 Å². The summed E-state index contributed by atoms with van der Waals surface area (Å²) < 4.78 is 0. The van der Waals surface area contributed by atoms with E-state index in [1.165, 1.54) is 19.3 Å². The highest BCUT2D eigenvalue weighted by atomic mass is 35.5. The van der Waals surface area contributed by atoms with Gasteiger partial charge in [0.05, 0.1) is 0 Å². The number of nitrogens with one attached hydrogen (secondary N) is 2. The molecule has 1 heterocycles. The second kappa shape index (κ2) is 6.60. The average molecular weight is 261 g/mol. The third-order valence-corrected chi connectivity index (χ3v) is 4.35. The number of amides is 1. The number of hydrogen-bond donors (Lipinski definition) is 2. The van der Waals surface area contributed by atoms with Gasteiger partial charge in [0.15, 0.2) is 0 Å². The minimum atomic E-state index is -0.0303.